The lowest BCUT2D eigenvalue weighted by Gasteiger charge is -2.38. The lowest BCUT2D eigenvalue weighted by atomic mass is 9.89. The molecule has 1 fully saturated rings. The van der Waals surface area contributed by atoms with E-state index in [4.69, 9.17) is 4.74 Å². The van der Waals surface area contributed by atoms with E-state index in [0.717, 1.165) is 12.0 Å². The van der Waals surface area contributed by atoms with Gasteiger partial charge in [-0.2, -0.15) is 4.98 Å². The number of nitrogens with one attached hydrogen (secondary N) is 2. The molecule has 8 heteroatoms. The van der Waals surface area contributed by atoms with E-state index < -0.39 is 5.69 Å². The molecule has 0 bridgehead atoms. The number of nitrogens with zero attached hydrogens (tertiary/aromatic N) is 2. The van der Waals surface area contributed by atoms with Gasteiger partial charge in [-0.15, -0.1) is 0 Å². The van der Waals surface area contributed by atoms with Crippen molar-refractivity contribution >= 4 is 17.5 Å². The van der Waals surface area contributed by atoms with Crippen molar-refractivity contribution in [3.63, 3.8) is 0 Å². The minimum atomic E-state index is -0.439. The second kappa shape index (κ2) is 10.1. The van der Waals surface area contributed by atoms with E-state index in [1.807, 2.05) is 18.2 Å². The maximum Gasteiger partial charge on any atom is 0.348 e. The van der Waals surface area contributed by atoms with Gasteiger partial charge in [0.05, 0.1) is 12.2 Å². The van der Waals surface area contributed by atoms with Crippen molar-refractivity contribution in [2.45, 2.75) is 72.3 Å². The molecule has 1 aliphatic rings. The zero-order chi connectivity index (χ0) is 23.4. The Kier molecular flexibility index (Phi) is 7.45. The number of aryl methyl sites for hydroxylation is 2. The predicted octanol–water partition coefficient (Wildman–Crippen LogP) is 2.88. The van der Waals surface area contributed by atoms with Crippen LogP contribution < -0.4 is 16.3 Å². The van der Waals surface area contributed by atoms with Gasteiger partial charge in [0.2, 0.25) is 11.8 Å². The summed E-state index contributed by atoms with van der Waals surface area (Å²) < 4.78 is 7.68. The monoisotopic (exact) mass is 440 g/mol. The second-order valence-electron chi connectivity index (χ2n) is 8.86. The maximum absolute atomic E-state index is 12.6. The minimum absolute atomic E-state index is 0.0349. The number of benzene rings is 1. The highest BCUT2D eigenvalue weighted by Crippen LogP contribution is 2.35. The van der Waals surface area contributed by atoms with E-state index in [0.29, 0.717) is 29.4 Å². The smallest absolute Gasteiger partial charge is 0.348 e. The van der Waals surface area contributed by atoms with Crippen LogP contribution in [0.15, 0.2) is 35.1 Å². The number of ether oxygens (including phenoxy) is 1. The molecule has 32 heavy (non-hydrogen) atoms. The molecule has 1 aliphatic heterocycles. The van der Waals surface area contributed by atoms with Crippen LogP contribution in [-0.2, 0) is 20.9 Å². The Morgan fingerprint density at radius 2 is 1.97 bits per heavy atom. The van der Waals surface area contributed by atoms with Gasteiger partial charge in [0.15, 0.2) is 0 Å². The number of carbonyl (C=O) groups is 2. The Morgan fingerprint density at radius 1 is 1.22 bits per heavy atom. The molecular weight excluding hydrogens is 408 g/mol. The fourth-order valence-electron chi connectivity index (χ4n) is 4.13. The summed E-state index contributed by atoms with van der Waals surface area (Å²) in [6, 6.07) is 9.34. The number of aromatic nitrogens is 2. The van der Waals surface area contributed by atoms with Crippen LogP contribution in [0.4, 0.5) is 5.69 Å². The molecule has 0 radical (unpaired) electrons. The van der Waals surface area contributed by atoms with Crippen LogP contribution in [0.25, 0.3) is 0 Å². The number of anilines is 1. The molecular formula is C24H32N4O4. The van der Waals surface area contributed by atoms with Crippen molar-refractivity contribution in [2.24, 2.45) is 5.92 Å². The highest BCUT2D eigenvalue weighted by atomic mass is 16.5. The Bertz CT molecular complexity index is 1050. The first-order valence-corrected chi connectivity index (χ1v) is 11.0. The molecule has 1 aromatic carbocycles. The molecule has 0 unspecified atom stereocenters. The van der Waals surface area contributed by atoms with Crippen molar-refractivity contribution in [3.8, 4) is 0 Å². The molecule has 1 aromatic heterocycles. The second-order valence-corrected chi connectivity index (χ2v) is 8.86. The van der Waals surface area contributed by atoms with E-state index in [1.54, 1.807) is 26.0 Å². The standard InChI is InChI=1S/C24H32N4O4/c1-14(2)21-11-20(26-17(5)29)12-22(32-21)18-7-6-8-19(10-18)27-23(30)13-28-16(4)9-15(3)25-24(28)31/h6-10,14,20-22H,11-13H2,1-5H3,(H,26,29)(H,27,30)/t20-,21-,22+/m1/s1. The van der Waals surface area contributed by atoms with Crippen LogP contribution in [0, 0.1) is 19.8 Å². The summed E-state index contributed by atoms with van der Waals surface area (Å²) in [5.74, 6) is -0.0318. The van der Waals surface area contributed by atoms with Crippen LogP contribution in [-0.4, -0.2) is 33.5 Å². The van der Waals surface area contributed by atoms with E-state index in [9.17, 15) is 14.4 Å². The highest BCUT2D eigenvalue weighted by Gasteiger charge is 2.32. The van der Waals surface area contributed by atoms with Gasteiger partial charge < -0.3 is 15.4 Å². The molecule has 3 atom stereocenters. The highest BCUT2D eigenvalue weighted by molar-refractivity contribution is 5.90. The topological polar surface area (TPSA) is 102 Å². The molecule has 1 saturated heterocycles. The van der Waals surface area contributed by atoms with Crippen molar-refractivity contribution in [1.29, 1.82) is 0 Å². The Morgan fingerprint density at radius 3 is 2.62 bits per heavy atom. The van der Waals surface area contributed by atoms with E-state index in [-0.39, 0.29) is 36.6 Å². The lowest BCUT2D eigenvalue weighted by molar-refractivity contribution is -0.123. The average Bonchev–Trinajstić information content (AvgIpc) is 2.70. The molecule has 2 aromatic rings. The minimum Gasteiger partial charge on any atom is -0.370 e. The van der Waals surface area contributed by atoms with E-state index in [1.165, 1.54) is 11.5 Å². The lowest BCUT2D eigenvalue weighted by Crippen LogP contribution is -2.43. The summed E-state index contributed by atoms with van der Waals surface area (Å²) in [5.41, 5.74) is 2.44. The zero-order valence-corrected chi connectivity index (χ0v) is 19.3. The normalized spacial score (nSPS) is 20.8. The van der Waals surface area contributed by atoms with Gasteiger partial charge in [0.1, 0.15) is 6.54 Å². The molecule has 8 nitrogen and oxygen atoms in total. The molecule has 2 heterocycles. The van der Waals surface area contributed by atoms with E-state index >= 15 is 0 Å². The summed E-state index contributed by atoms with van der Waals surface area (Å²) in [4.78, 5) is 40.2. The molecule has 0 spiro atoms. The number of hydrogen-bond acceptors (Lipinski definition) is 5. The third kappa shape index (κ3) is 6.03. The first-order valence-electron chi connectivity index (χ1n) is 11.0. The Hall–Kier alpha value is -3.00. The van der Waals surface area contributed by atoms with Crippen molar-refractivity contribution in [3.05, 3.63) is 57.8 Å². The summed E-state index contributed by atoms with van der Waals surface area (Å²) >= 11 is 0. The van der Waals surface area contributed by atoms with Crippen LogP contribution in [0.1, 0.15) is 56.7 Å². The number of rotatable bonds is 6. The number of carbonyl (C=O) groups excluding carboxylic acids is 2. The zero-order valence-electron chi connectivity index (χ0n) is 19.3. The number of hydrogen-bond donors (Lipinski definition) is 2. The largest absolute Gasteiger partial charge is 0.370 e. The van der Waals surface area contributed by atoms with Crippen LogP contribution in [0.2, 0.25) is 0 Å². The summed E-state index contributed by atoms with van der Waals surface area (Å²) in [6.45, 7) is 9.17. The summed E-state index contributed by atoms with van der Waals surface area (Å²) in [5, 5.41) is 5.89. The van der Waals surface area contributed by atoms with Gasteiger partial charge in [0, 0.05) is 30.0 Å². The van der Waals surface area contributed by atoms with Gasteiger partial charge in [-0.05, 0) is 56.4 Å². The third-order valence-corrected chi connectivity index (χ3v) is 5.70. The number of amides is 2. The first-order chi connectivity index (χ1) is 15.1. The van der Waals surface area contributed by atoms with Crippen molar-refractivity contribution < 1.29 is 14.3 Å². The van der Waals surface area contributed by atoms with Gasteiger partial charge in [0.25, 0.3) is 0 Å². The van der Waals surface area contributed by atoms with Crippen LogP contribution in [0.5, 0.6) is 0 Å². The summed E-state index contributed by atoms with van der Waals surface area (Å²) in [6.07, 6.45) is 1.30. The molecule has 2 amide bonds. The fraction of sp³-hybridized carbons (Fsp3) is 0.500. The molecule has 172 valence electrons. The summed E-state index contributed by atoms with van der Waals surface area (Å²) in [7, 11) is 0. The SMILES string of the molecule is CC(=O)N[C@H]1C[C@@H](c2cccc(NC(=O)Cn3c(C)cc(C)nc3=O)c2)O[C@@H](C(C)C)C1. The molecule has 0 saturated carbocycles. The fourth-order valence-corrected chi connectivity index (χ4v) is 4.13. The Labute approximate surface area is 188 Å². The van der Waals surface area contributed by atoms with Crippen molar-refractivity contribution in [2.75, 3.05) is 5.32 Å². The molecule has 0 aliphatic carbocycles. The van der Waals surface area contributed by atoms with Gasteiger partial charge in [-0.1, -0.05) is 26.0 Å². The molecule has 2 N–H and O–H groups in total. The average molecular weight is 441 g/mol. The maximum atomic E-state index is 12.6. The van der Waals surface area contributed by atoms with Crippen LogP contribution in [0.3, 0.4) is 0 Å². The molecule has 3 rings (SSSR count). The quantitative estimate of drug-likeness (QED) is 0.719. The Balaban J connectivity index is 1.73. The van der Waals surface area contributed by atoms with Crippen LogP contribution >= 0.6 is 0 Å². The van der Waals surface area contributed by atoms with E-state index in [2.05, 4.69) is 29.5 Å². The third-order valence-electron chi connectivity index (χ3n) is 5.70. The van der Waals surface area contributed by atoms with Gasteiger partial charge in [-0.25, -0.2) is 4.79 Å². The first kappa shape index (κ1) is 23.7. The predicted molar refractivity (Wildman–Crippen MR) is 122 cm³/mol. The van der Waals surface area contributed by atoms with Crippen molar-refractivity contribution in [1.82, 2.24) is 14.9 Å². The van der Waals surface area contributed by atoms with Gasteiger partial charge in [-0.3, -0.25) is 14.2 Å². The van der Waals surface area contributed by atoms with Gasteiger partial charge >= 0.3 is 5.69 Å².